The van der Waals surface area contributed by atoms with Crippen molar-refractivity contribution in [2.75, 3.05) is 23.7 Å². The molecule has 0 aliphatic carbocycles. The number of anilines is 3. The lowest BCUT2D eigenvalue weighted by molar-refractivity contribution is -0.274. The second-order valence-corrected chi connectivity index (χ2v) is 8.24. The van der Waals surface area contributed by atoms with Gasteiger partial charge in [-0.2, -0.15) is 0 Å². The van der Waals surface area contributed by atoms with E-state index in [1.54, 1.807) is 12.3 Å². The van der Waals surface area contributed by atoms with Crippen LogP contribution in [0.3, 0.4) is 0 Å². The molecule has 9 nitrogen and oxygen atoms in total. The summed E-state index contributed by atoms with van der Waals surface area (Å²) in [6.45, 7) is 2.15. The summed E-state index contributed by atoms with van der Waals surface area (Å²) in [6.07, 6.45) is -1.84. The number of halogens is 3. The van der Waals surface area contributed by atoms with Crippen LogP contribution in [0, 0.1) is 6.92 Å². The van der Waals surface area contributed by atoms with Gasteiger partial charge in [0.2, 0.25) is 10.0 Å². The number of pyridine rings is 1. The number of nitrogens with one attached hydrogen (secondary N) is 3. The first kappa shape index (κ1) is 23.2. The fourth-order valence-corrected chi connectivity index (χ4v) is 3.57. The van der Waals surface area contributed by atoms with Gasteiger partial charge in [0.15, 0.2) is 0 Å². The van der Waals surface area contributed by atoms with Crippen LogP contribution >= 0.6 is 0 Å². The zero-order valence-electron chi connectivity index (χ0n) is 16.7. The molecule has 1 aromatic carbocycles. The van der Waals surface area contributed by atoms with E-state index < -0.39 is 22.1 Å². The van der Waals surface area contributed by atoms with Crippen LogP contribution in [0.2, 0.25) is 0 Å². The predicted octanol–water partition coefficient (Wildman–Crippen LogP) is 3.21. The third-order valence-corrected chi connectivity index (χ3v) is 5.41. The third kappa shape index (κ3) is 7.06. The van der Waals surface area contributed by atoms with Gasteiger partial charge in [0, 0.05) is 25.4 Å². The van der Waals surface area contributed by atoms with E-state index in [9.17, 15) is 21.6 Å². The highest BCUT2D eigenvalue weighted by molar-refractivity contribution is 7.89. The van der Waals surface area contributed by atoms with Crippen molar-refractivity contribution in [1.29, 1.82) is 0 Å². The molecule has 3 N–H and O–H groups in total. The molecule has 0 saturated heterocycles. The molecule has 170 valence electrons. The number of alkyl halides is 3. The van der Waals surface area contributed by atoms with Crippen LogP contribution < -0.4 is 20.1 Å². The van der Waals surface area contributed by atoms with E-state index in [1.165, 1.54) is 6.33 Å². The van der Waals surface area contributed by atoms with Gasteiger partial charge in [-0.05, 0) is 48.9 Å². The molecule has 0 amide bonds. The van der Waals surface area contributed by atoms with Crippen molar-refractivity contribution in [3.8, 4) is 5.75 Å². The zero-order chi connectivity index (χ0) is 23.2. The zero-order valence-corrected chi connectivity index (χ0v) is 17.5. The smallest absolute Gasteiger partial charge is 0.406 e. The number of hydrogen-bond donors (Lipinski definition) is 3. The molecule has 0 bridgehead atoms. The van der Waals surface area contributed by atoms with Crippen LogP contribution in [0.1, 0.15) is 5.56 Å². The molecule has 0 spiro atoms. The highest BCUT2D eigenvalue weighted by Crippen LogP contribution is 2.23. The molecule has 0 unspecified atom stereocenters. The summed E-state index contributed by atoms with van der Waals surface area (Å²) in [5.74, 6) is 1.08. The Morgan fingerprint density at radius 1 is 0.938 bits per heavy atom. The molecule has 0 aliphatic rings. The minimum atomic E-state index is -4.85. The van der Waals surface area contributed by atoms with Crippen molar-refractivity contribution in [2.45, 2.75) is 18.2 Å². The van der Waals surface area contributed by atoms with Gasteiger partial charge in [-0.15, -0.1) is 13.2 Å². The Bertz CT molecular complexity index is 1160. The summed E-state index contributed by atoms with van der Waals surface area (Å²) in [4.78, 5) is 12.2. The van der Waals surface area contributed by atoms with Gasteiger partial charge >= 0.3 is 6.36 Å². The molecule has 32 heavy (non-hydrogen) atoms. The highest BCUT2D eigenvalue weighted by Gasteiger charge is 2.31. The van der Waals surface area contributed by atoms with E-state index in [2.05, 4.69) is 35.0 Å². The Morgan fingerprint density at radius 3 is 2.31 bits per heavy atom. The minimum Gasteiger partial charge on any atom is -0.406 e. The summed E-state index contributed by atoms with van der Waals surface area (Å²) >= 11 is 0. The van der Waals surface area contributed by atoms with Crippen LogP contribution in [0.25, 0.3) is 0 Å². The molecule has 0 fully saturated rings. The molecule has 13 heteroatoms. The summed E-state index contributed by atoms with van der Waals surface area (Å²) < 4.78 is 67.2. The molecule has 2 heterocycles. The van der Waals surface area contributed by atoms with Crippen molar-refractivity contribution in [2.24, 2.45) is 0 Å². The fraction of sp³-hybridized carbons (Fsp3) is 0.211. The van der Waals surface area contributed by atoms with E-state index in [4.69, 9.17) is 0 Å². The van der Waals surface area contributed by atoms with Crippen LogP contribution in [0.4, 0.5) is 30.6 Å². The second kappa shape index (κ2) is 9.78. The summed E-state index contributed by atoms with van der Waals surface area (Å²) in [6, 6.07) is 9.27. The largest absolute Gasteiger partial charge is 0.573 e. The maximum Gasteiger partial charge on any atom is 0.573 e. The first-order chi connectivity index (χ1) is 15.1. The van der Waals surface area contributed by atoms with E-state index >= 15 is 0 Å². The van der Waals surface area contributed by atoms with Gasteiger partial charge in [-0.1, -0.05) is 0 Å². The molecule has 2 aromatic heterocycles. The SMILES string of the molecule is Cc1ccnc(Nc2cc(NCCNS(=O)(=O)c3ccc(OC(F)(F)F)cc3)ncn2)c1. The maximum absolute atomic E-state index is 12.3. The maximum atomic E-state index is 12.3. The standard InChI is InChI=1S/C19H19F3N6O3S/c1-13-6-7-23-17(10-13)28-18-11-16(25-12-26-18)24-8-9-27-32(29,30)15-4-2-14(3-5-15)31-19(20,21)22/h2-7,10-12,27H,8-9H2,1H3,(H2,23,24,25,26,28). The normalized spacial score (nSPS) is 11.8. The quantitative estimate of drug-likeness (QED) is 0.410. The second-order valence-electron chi connectivity index (χ2n) is 6.48. The fourth-order valence-electron chi connectivity index (χ4n) is 2.54. The van der Waals surface area contributed by atoms with Gasteiger partial charge in [0.05, 0.1) is 4.90 Å². The number of ether oxygens (including phenoxy) is 1. The van der Waals surface area contributed by atoms with Crippen LogP contribution in [-0.4, -0.2) is 42.8 Å². The van der Waals surface area contributed by atoms with Crippen LogP contribution in [0.15, 0.2) is 59.9 Å². The number of aryl methyl sites for hydroxylation is 1. The molecule has 0 radical (unpaired) electrons. The minimum absolute atomic E-state index is 0.00926. The van der Waals surface area contributed by atoms with Crippen molar-refractivity contribution in [3.05, 3.63) is 60.6 Å². The lowest BCUT2D eigenvalue weighted by Gasteiger charge is -2.11. The lowest BCUT2D eigenvalue weighted by Crippen LogP contribution is -2.29. The van der Waals surface area contributed by atoms with E-state index in [1.807, 2.05) is 19.1 Å². The Labute approximate surface area is 182 Å². The predicted molar refractivity (Wildman–Crippen MR) is 111 cm³/mol. The molecular formula is C19H19F3N6O3S. The highest BCUT2D eigenvalue weighted by atomic mass is 32.2. The average Bonchev–Trinajstić information content (AvgIpc) is 2.71. The summed E-state index contributed by atoms with van der Waals surface area (Å²) in [5, 5.41) is 6.00. The molecule has 3 aromatic rings. The number of aromatic nitrogens is 3. The van der Waals surface area contributed by atoms with Gasteiger partial charge in [-0.25, -0.2) is 28.1 Å². The number of rotatable bonds is 9. The van der Waals surface area contributed by atoms with E-state index in [0.717, 1.165) is 29.8 Å². The lowest BCUT2D eigenvalue weighted by atomic mass is 10.3. The molecule has 0 aliphatic heterocycles. The number of sulfonamides is 1. The average molecular weight is 468 g/mol. The van der Waals surface area contributed by atoms with E-state index in [0.29, 0.717) is 17.5 Å². The van der Waals surface area contributed by atoms with Gasteiger partial charge < -0.3 is 15.4 Å². The van der Waals surface area contributed by atoms with E-state index in [-0.39, 0.29) is 18.0 Å². The van der Waals surface area contributed by atoms with Gasteiger partial charge in [0.1, 0.15) is 29.5 Å². The van der Waals surface area contributed by atoms with Crippen LogP contribution in [-0.2, 0) is 10.0 Å². The van der Waals surface area contributed by atoms with Gasteiger partial charge in [-0.3, -0.25) is 0 Å². The molecule has 3 rings (SSSR count). The van der Waals surface area contributed by atoms with Crippen LogP contribution in [0.5, 0.6) is 5.75 Å². The third-order valence-electron chi connectivity index (χ3n) is 3.93. The van der Waals surface area contributed by atoms with Crippen molar-refractivity contribution < 1.29 is 26.3 Å². The number of nitrogens with zero attached hydrogens (tertiary/aromatic N) is 3. The number of benzene rings is 1. The Kier molecular flexibility index (Phi) is 7.10. The monoisotopic (exact) mass is 468 g/mol. The topological polar surface area (TPSA) is 118 Å². The summed E-state index contributed by atoms with van der Waals surface area (Å²) in [5.41, 5.74) is 1.03. The molecular weight excluding hydrogens is 449 g/mol. The van der Waals surface area contributed by atoms with Crippen molar-refractivity contribution in [3.63, 3.8) is 0 Å². The molecule has 0 saturated carbocycles. The Morgan fingerprint density at radius 2 is 1.62 bits per heavy atom. The molecule has 0 atom stereocenters. The number of hydrogen-bond acceptors (Lipinski definition) is 8. The summed E-state index contributed by atoms with van der Waals surface area (Å²) in [7, 11) is -3.91. The first-order valence-electron chi connectivity index (χ1n) is 9.22. The first-order valence-corrected chi connectivity index (χ1v) is 10.7. The van der Waals surface area contributed by atoms with Gasteiger partial charge in [0.25, 0.3) is 0 Å². The Balaban J connectivity index is 1.51. The Hall–Kier alpha value is -3.45. The van der Waals surface area contributed by atoms with Crippen molar-refractivity contribution in [1.82, 2.24) is 19.7 Å². The van der Waals surface area contributed by atoms with Crippen molar-refractivity contribution >= 4 is 27.5 Å².